The fourth-order valence-electron chi connectivity index (χ4n) is 2.06. The van der Waals surface area contributed by atoms with Crippen molar-refractivity contribution in [2.24, 2.45) is 0 Å². The number of ether oxygens (including phenoxy) is 1. The normalized spacial score (nSPS) is 16.9. The summed E-state index contributed by atoms with van der Waals surface area (Å²) < 4.78 is 5.07. The Hall–Kier alpha value is -1.29. The van der Waals surface area contributed by atoms with Crippen LogP contribution >= 0.6 is 11.8 Å². The highest BCUT2D eigenvalue weighted by Crippen LogP contribution is 2.31. The molecule has 0 spiro atoms. The zero-order chi connectivity index (χ0) is 13.1. The maximum absolute atomic E-state index is 10.1. The highest BCUT2D eigenvalue weighted by atomic mass is 32.2. The first-order valence-corrected chi connectivity index (χ1v) is 7.32. The largest absolute Gasteiger partial charge is 0.380 e. The summed E-state index contributed by atoms with van der Waals surface area (Å²) in [6.07, 6.45) is 0. The zero-order valence-electron chi connectivity index (χ0n) is 10.6. The fraction of sp³-hybridized carbons (Fsp3) is 0.250. The van der Waals surface area contributed by atoms with Gasteiger partial charge < -0.3 is 9.84 Å². The fourth-order valence-corrected chi connectivity index (χ4v) is 2.92. The van der Waals surface area contributed by atoms with Crippen molar-refractivity contribution in [2.45, 2.75) is 16.2 Å². The van der Waals surface area contributed by atoms with Crippen molar-refractivity contribution in [1.29, 1.82) is 0 Å². The van der Waals surface area contributed by atoms with Crippen LogP contribution in [0.4, 0.5) is 0 Å². The van der Waals surface area contributed by atoms with Crippen molar-refractivity contribution < 1.29 is 9.84 Å². The minimum absolute atomic E-state index is 0.406. The van der Waals surface area contributed by atoms with E-state index in [2.05, 4.69) is 36.4 Å². The summed E-state index contributed by atoms with van der Waals surface area (Å²) in [5.41, 5.74) is 1.51. The van der Waals surface area contributed by atoms with Crippen molar-refractivity contribution in [3.8, 4) is 0 Å². The number of rotatable bonds is 4. The Bertz CT molecular complexity index is 532. The first-order valence-electron chi connectivity index (χ1n) is 6.34. The predicted octanol–water partition coefficient (Wildman–Crippen LogP) is 3.20. The first-order chi connectivity index (χ1) is 9.26. The lowest BCUT2D eigenvalue weighted by atomic mass is 9.92. The van der Waals surface area contributed by atoms with Gasteiger partial charge in [-0.1, -0.05) is 42.5 Å². The van der Waals surface area contributed by atoms with Crippen LogP contribution in [0.2, 0.25) is 0 Å². The van der Waals surface area contributed by atoms with Gasteiger partial charge in [0.15, 0.2) is 0 Å². The summed E-state index contributed by atoms with van der Waals surface area (Å²) in [5.74, 6) is 0.966. The molecule has 1 fully saturated rings. The van der Waals surface area contributed by atoms with E-state index in [0.29, 0.717) is 13.2 Å². The second-order valence-corrected chi connectivity index (χ2v) is 5.87. The minimum Gasteiger partial charge on any atom is -0.380 e. The van der Waals surface area contributed by atoms with E-state index in [9.17, 15) is 5.11 Å². The summed E-state index contributed by atoms with van der Waals surface area (Å²) in [4.78, 5) is 1.22. The van der Waals surface area contributed by atoms with Crippen LogP contribution < -0.4 is 0 Å². The third-order valence-electron chi connectivity index (χ3n) is 3.32. The van der Waals surface area contributed by atoms with E-state index in [-0.39, 0.29) is 0 Å². The quantitative estimate of drug-likeness (QED) is 0.867. The standard InChI is InChI=1S/C16H16O2S/c17-16(11-18-12-16)14-6-8-15(9-7-14)19-10-13-4-2-1-3-5-13/h1-9,17H,10-12H2. The molecule has 1 saturated heterocycles. The molecule has 3 heteroatoms. The Balaban J connectivity index is 1.63. The summed E-state index contributed by atoms with van der Waals surface area (Å²) in [6.45, 7) is 0.813. The highest BCUT2D eigenvalue weighted by Gasteiger charge is 2.37. The van der Waals surface area contributed by atoms with Crippen LogP contribution in [0.1, 0.15) is 11.1 Å². The Morgan fingerprint density at radius 3 is 2.26 bits per heavy atom. The van der Waals surface area contributed by atoms with Gasteiger partial charge in [0.1, 0.15) is 5.60 Å². The van der Waals surface area contributed by atoms with Gasteiger partial charge in [0, 0.05) is 10.6 Å². The summed E-state index contributed by atoms with van der Waals surface area (Å²) >= 11 is 1.81. The van der Waals surface area contributed by atoms with Gasteiger partial charge in [0.2, 0.25) is 0 Å². The van der Waals surface area contributed by atoms with Crippen LogP contribution in [-0.4, -0.2) is 18.3 Å². The third-order valence-corrected chi connectivity index (χ3v) is 4.40. The van der Waals surface area contributed by atoms with Gasteiger partial charge in [-0.3, -0.25) is 0 Å². The molecule has 0 aromatic heterocycles. The molecule has 2 aromatic carbocycles. The molecule has 1 heterocycles. The third kappa shape index (κ3) is 2.84. The van der Waals surface area contributed by atoms with Crippen LogP contribution in [0.25, 0.3) is 0 Å². The monoisotopic (exact) mass is 272 g/mol. The lowest BCUT2D eigenvalue weighted by molar-refractivity contribution is -0.184. The predicted molar refractivity (Wildman–Crippen MR) is 77.2 cm³/mol. The average molecular weight is 272 g/mol. The maximum Gasteiger partial charge on any atom is 0.136 e. The van der Waals surface area contributed by atoms with E-state index in [1.54, 1.807) is 11.8 Å². The lowest BCUT2D eigenvalue weighted by Gasteiger charge is -2.36. The number of benzene rings is 2. The van der Waals surface area contributed by atoms with E-state index in [4.69, 9.17) is 4.74 Å². The Morgan fingerprint density at radius 2 is 1.68 bits per heavy atom. The lowest BCUT2D eigenvalue weighted by Crippen LogP contribution is -2.46. The van der Waals surface area contributed by atoms with Crippen LogP contribution in [0.5, 0.6) is 0 Å². The number of thioether (sulfide) groups is 1. The molecule has 98 valence electrons. The Morgan fingerprint density at radius 1 is 1.00 bits per heavy atom. The van der Waals surface area contributed by atoms with E-state index < -0.39 is 5.60 Å². The Kier molecular flexibility index (Phi) is 3.60. The molecule has 2 nitrogen and oxygen atoms in total. The molecule has 1 aliphatic heterocycles. The number of hydrogen-bond acceptors (Lipinski definition) is 3. The molecule has 0 bridgehead atoms. The molecule has 2 aromatic rings. The molecular formula is C16H16O2S. The SMILES string of the molecule is OC1(c2ccc(SCc3ccccc3)cc2)COC1. The van der Waals surface area contributed by atoms with Crippen LogP contribution in [0.15, 0.2) is 59.5 Å². The summed E-state index contributed by atoms with van der Waals surface area (Å²) in [6, 6.07) is 18.6. The number of hydrogen-bond donors (Lipinski definition) is 1. The van der Waals surface area contributed by atoms with E-state index in [1.165, 1.54) is 10.5 Å². The topological polar surface area (TPSA) is 29.5 Å². The van der Waals surface area contributed by atoms with Gasteiger partial charge in [-0.15, -0.1) is 11.8 Å². The smallest absolute Gasteiger partial charge is 0.136 e. The van der Waals surface area contributed by atoms with Gasteiger partial charge >= 0.3 is 0 Å². The molecule has 0 radical (unpaired) electrons. The second-order valence-electron chi connectivity index (χ2n) is 4.82. The minimum atomic E-state index is -0.761. The second kappa shape index (κ2) is 5.37. The molecule has 1 N–H and O–H groups in total. The van der Waals surface area contributed by atoms with E-state index >= 15 is 0 Å². The van der Waals surface area contributed by atoms with Gasteiger partial charge in [-0.2, -0.15) is 0 Å². The summed E-state index contributed by atoms with van der Waals surface area (Å²) in [5, 5.41) is 10.1. The molecule has 0 amide bonds. The molecule has 0 atom stereocenters. The van der Waals surface area contributed by atoms with Gasteiger partial charge in [0.05, 0.1) is 13.2 Å². The molecule has 19 heavy (non-hydrogen) atoms. The van der Waals surface area contributed by atoms with Crippen molar-refractivity contribution >= 4 is 11.8 Å². The molecular weight excluding hydrogens is 256 g/mol. The average Bonchev–Trinajstić information content (AvgIpc) is 2.44. The van der Waals surface area contributed by atoms with E-state index in [1.807, 2.05) is 18.2 Å². The Labute approximate surface area is 117 Å². The van der Waals surface area contributed by atoms with Gasteiger partial charge in [0.25, 0.3) is 0 Å². The van der Waals surface area contributed by atoms with Gasteiger partial charge in [-0.25, -0.2) is 0 Å². The van der Waals surface area contributed by atoms with Crippen molar-refractivity contribution in [1.82, 2.24) is 0 Å². The first kappa shape index (κ1) is 12.7. The van der Waals surface area contributed by atoms with Crippen molar-refractivity contribution in [3.63, 3.8) is 0 Å². The van der Waals surface area contributed by atoms with Crippen LogP contribution in [-0.2, 0) is 16.1 Å². The molecule has 0 aliphatic carbocycles. The molecule has 0 saturated carbocycles. The van der Waals surface area contributed by atoms with Crippen molar-refractivity contribution in [2.75, 3.05) is 13.2 Å². The van der Waals surface area contributed by atoms with Crippen LogP contribution in [0.3, 0.4) is 0 Å². The summed E-state index contributed by atoms with van der Waals surface area (Å²) in [7, 11) is 0. The van der Waals surface area contributed by atoms with Crippen LogP contribution in [0, 0.1) is 0 Å². The maximum atomic E-state index is 10.1. The van der Waals surface area contributed by atoms with Gasteiger partial charge in [-0.05, 0) is 23.3 Å². The van der Waals surface area contributed by atoms with E-state index in [0.717, 1.165) is 11.3 Å². The highest BCUT2D eigenvalue weighted by molar-refractivity contribution is 7.98. The number of aliphatic hydroxyl groups is 1. The molecule has 3 rings (SSSR count). The molecule has 1 aliphatic rings. The molecule has 0 unspecified atom stereocenters. The zero-order valence-corrected chi connectivity index (χ0v) is 11.4. The van der Waals surface area contributed by atoms with Crippen molar-refractivity contribution in [3.05, 3.63) is 65.7 Å².